The Morgan fingerprint density at radius 3 is 2.60 bits per heavy atom. The molecule has 2 amide bonds. The maximum Gasteiger partial charge on any atom is 0.326 e. The lowest BCUT2D eigenvalue weighted by Gasteiger charge is -2.21. The number of carbonyl (C=O) groups excluding carboxylic acids is 1. The van der Waals surface area contributed by atoms with Gasteiger partial charge in [0.2, 0.25) is 0 Å². The standard InChI is InChI=1S/C14H18N2O4/c1-8-3-4-10(5-9(8)2)15-14(20)16-7-11(17)6-12(16)13(18)19/h3-5,11-12,17H,6-7H2,1-2H3,(H,15,20)(H,18,19)/t11-,12-/m0/s1. The molecule has 0 aliphatic carbocycles. The van der Waals surface area contributed by atoms with Gasteiger partial charge in [0.25, 0.3) is 0 Å². The summed E-state index contributed by atoms with van der Waals surface area (Å²) in [5.74, 6) is -1.10. The smallest absolute Gasteiger partial charge is 0.326 e. The molecule has 0 saturated carbocycles. The number of rotatable bonds is 2. The highest BCUT2D eigenvalue weighted by molar-refractivity contribution is 5.92. The number of likely N-dealkylation sites (tertiary alicyclic amines) is 1. The molecule has 1 aliphatic heterocycles. The largest absolute Gasteiger partial charge is 0.480 e. The zero-order chi connectivity index (χ0) is 14.9. The first-order valence-electron chi connectivity index (χ1n) is 6.44. The van der Waals surface area contributed by atoms with E-state index in [1.807, 2.05) is 26.0 Å². The number of β-amino-alcohol motifs (C(OH)–C–C–N with tert-alkyl or cyclic N) is 1. The van der Waals surface area contributed by atoms with Crippen LogP contribution >= 0.6 is 0 Å². The van der Waals surface area contributed by atoms with E-state index in [2.05, 4.69) is 5.32 Å². The number of aliphatic hydroxyl groups excluding tert-OH is 1. The van der Waals surface area contributed by atoms with Crippen molar-refractivity contribution in [2.75, 3.05) is 11.9 Å². The van der Waals surface area contributed by atoms with E-state index in [4.69, 9.17) is 5.11 Å². The Labute approximate surface area is 117 Å². The van der Waals surface area contributed by atoms with Gasteiger partial charge in [0.1, 0.15) is 6.04 Å². The second-order valence-corrected chi connectivity index (χ2v) is 5.13. The Morgan fingerprint density at radius 2 is 2.00 bits per heavy atom. The van der Waals surface area contributed by atoms with Gasteiger partial charge in [-0.25, -0.2) is 9.59 Å². The number of nitrogens with zero attached hydrogens (tertiary/aromatic N) is 1. The number of hydrogen-bond acceptors (Lipinski definition) is 3. The number of anilines is 1. The van der Waals surface area contributed by atoms with E-state index in [9.17, 15) is 14.7 Å². The van der Waals surface area contributed by atoms with Crippen molar-refractivity contribution in [1.82, 2.24) is 4.90 Å². The van der Waals surface area contributed by atoms with Crippen LogP contribution in [0.5, 0.6) is 0 Å². The van der Waals surface area contributed by atoms with Crippen LogP contribution < -0.4 is 5.32 Å². The molecule has 2 rings (SSSR count). The van der Waals surface area contributed by atoms with Gasteiger partial charge in [-0.05, 0) is 37.1 Å². The van der Waals surface area contributed by atoms with Crippen molar-refractivity contribution in [3.8, 4) is 0 Å². The number of urea groups is 1. The summed E-state index contributed by atoms with van der Waals surface area (Å²) in [4.78, 5) is 24.3. The van der Waals surface area contributed by atoms with Crippen LogP contribution in [0.3, 0.4) is 0 Å². The fourth-order valence-corrected chi connectivity index (χ4v) is 2.29. The van der Waals surface area contributed by atoms with Gasteiger partial charge in [0.15, 0.2) is 0 Å². The average Bonchev–Trinajstić information content (AvgIpc) is 2.76. The van der Waals surface area contributed by atoms with Crippen LogP contribution in [0.4, 0.5) is 10.5 Å². The summed E-state index contributed by atoms with van der Waals surface area (Å²) in [5.41, 5.74) is 2.77. The van der Waals surface area contributed by atoms with E-state index in [0.29, 0.717) is 5.69 Å². The Bertz CT molecular complexity index is 544. The number of benzene rings is 1. The quantitative estimate of drug-likeness (QED) is 0.762. The van der Waals surface area contributed by atoms with Crippen molar-refractivity contribution in [1.29, 1.82) is 0 Å². The number of carboxylic acid groups (broad SMARTS) is 1. The summed E-state index contributed by atoms with van der Waals surface area (Å²) in [6, 6.07) is 4.00. The average molecular weight is 278 g/mol. The molecule has 1 saturated heterocycles. The molecule has 1 aromatic rings. The number of carboxylic acids is 1. The van der Waals surface area contributed by atoms with E-state index in [0.717, 1.165) is 16.0 Å². The minimum absolute atomic E-state index is 0.0354. The van der Waals surface area contributed by atoms with Crippen LogP contribution in [0.15, 0.2) is 18.2 Å². The van der Waals surface area contributed by atoms with Crippen molar-refractivity contribution in [3.05, 3.63) is 29.3 Å². The lowest BCUT2D eigenvalue weighted by molar-refractivity contribution is -0.141. The molecule has 0 unspecified atom stereocenters. The minimum atomic E-state index is -1.10. The second-order valence-electron chi connectivity index (χ2n) is 5.13. The van der Waals surface area contributed by atoms with Crippen molar-refractivity contribution < 1.29 is 19.8 Å². The number of aliphatic carboxylic acids is 1. The molecule has 0 bridgehead atoms. The highest BCUT2D eigenvalue weighted by atomic mass is 16.4. The van der Waals surface area contributed by atoms with Gasteiger partial charge in [-0.3, -0.25) is 0 Å². The second kappa shape index (κ2) is 5.50. The highest BCUT2D eigenvalue weighted by Crippen LogP contribution is 2.20. The third-order valence-corrected chi connectivity index (χ3v) is 3.58. The monoisotopic (exact) mass is 278 g/mol. The third kappa shape index (κ3) is 2.91. The SMILES string of the molecule is Cc1ccc(NC(=O)N2C[C@@H](O)C[C@H]2C(=O)O)cc1C. The van der Waals surface area contributed by atoms with E-state index in [-0.39, 0.29) is 13.0 Å². The summed E-state index contributed by atoms with van der Waals surface area (Å²) in [6.45, 7) is 3.94. The van der Waals surface area contributed by atoms with E-state index in [1.54, 1.807) is 6.07 Å². The number of amides is 2. The molecule has 0 radical (unpaired) electrons. The van der Waals surface area contributed by atoms with Crippen molar-refractivity contribution in [3.63, 3.8) is 0 Å². The molecule has 20 heavy (non-hydrogen) atoms. The van der Waals surface area contributed by atoms with Crippen LogP contribution in [0.25, 0.3) is 0 Å². The molecule has 1 fully saturated rings. The van der Waals surface area contributed by atoms with Gasteiger partial charge in [0, 0.05) is 18.7 Å². The van der Waals surface area contributed by atoms with E-state index >= 15 is 0 Å². The van der Waals surface area contributed by atoms with Crippen LogP contribution in [-0.2, 0) is 4.79 Å². The molecule has 0 spiro atoms. The maximum atomic E-state index is 12.1. The lowest BCUT2D eigenvalue weighted by atomic mass is 10.1. The Balaban J connectivity index is 2.11. The van der Waals surface area contributed by atoms with Gasteiger partial charge in [-0.1, -0.05) is 6.07 Å². The van der Waals surface area contributed by atoms with Crippen LogP contribution in [-0.4, -0.2) is 45.8 Å². The molecule has 1 aliphatic rings. The molecular formula is C14H18N2O4. The Kier molecular flexibility index (Phi) is 3.94. The van der Waals surface area contributed by atoms with E-state index < -0.39 is 24.1 Å². The number of aliphatic hydroxyl groups is 1. The molecule has 2 atom stereocenters. The first-order valence-corrected chi connectivity index (χ1v) is 6.44. The first kappa shape index (κ1) is 14.3. The van der Waals surface area contributed by atoms with Gasteiger partial charge in [-0.15, -0.1) is 0 Å². The number of carbonyl (C=O) groups is 2. The van der Waals surface area contributed by atoms with Crippen molar-refractivity contribution in [2.24, 2.45) is 0 Å². The fourth-order valence-electron chi connectivity index (χ4n) is 2.29. The van der Waals surface area contributed by atoms with Gasteiger partial charge in [0.05, 0.1) is 6.10 Å². The summed E-state index contributed by atoms with van der Waals surface area (Å²) in [5, 5.41) is 21.3. The van der Waals surface area contributed by atoms with Crippen LogP contribution in [0, 0.1) is 13.8 Å². The number of hydrogen-bond donors (Lipinski definition) is 3. The highest BCUT2D eigenvalue weighted by Gasteiger charge is 2.38. The molecule has 1 heterocycles. The predicted octanol–water partition coefficient (Wildman–Crippen LogP) is 1.36. The lowest BCUT2D eigenvalue weighted by Crippen LogP contribution is -2.43. The summed E-state index contributed by atoms with van der Waals surface area (Å²) in [7, 11) is 0. The molecule has 6 nitrogen and oxygen atoms in total. The summed E-state index contributed by atoms with van der Waals surface area (Å²) in [6.07, 6.45) is -0.725. The molecular weight excluding hydrogens is 260 g/mol. The normalized spacial score (nSPS) is 21.9. The molecule has 3 N–H and O–H groups in total. The Morgan fingerprint density at radius 1 is 1.30 bits per heavy atom. The van der Waals surface area contributed by atoms with Crippen LogP contribution in [0.1, 0.15) is 17.5 Å². The van der Waals surface area contributed by atoms with E-state index in [1.165, 1.54) is 0 Å². The van der Waals surface area contributed by atoms with Gasteiger partial charge >= 0.3 is 12.0 Å². The third-order valence-electron chi connectivity index (χ3n) is 3.58. The Hall–Kier alpha value is -2.08. The minimum Gasteiger partial charge on any atom is -0.480 e. The summed E-state index contributed by atoms with van der Waals surface area (Å²) >= 11 is 0. The summed E-state index contributed by atoms with van der Waals surface area (Å²) < 4.78 is 0. The number of nitrogens with one attached hydrogen (secondary N) is 1. The predicted molar refractivity (Wildman–Crippen MR) is 73.7 cm³/mol. The first-order chi connectivity index (χ1) is 9.38. The van der Waals surface area contributed by atoms with Gasteiger partial charge < -0.3 is 20.4 Å². The topological polar surface area (TPSA) is 89.9 Å². The zero-order valence-corrected chi connectivity index (χ0v) is 11.5. The fraction of sp³-hybridized carbons (Fsp3) is 0.429. The molecule has 108 valence electrons. The molecule has 1 aromatic carbocycles. The maximum absolute atomic E-state index is 12.1. The molecule has 6 heteroatoms. The molecule has 0 aromatic heterocycles. The van der Waals surface area contributed by atoms with Gasteiger partial charge in [-0.2, -0.15) is 0 Å². The van der Waals surface area contributed by atoms with Crippen molar-refractivity contribution in [2.45, 2.75) is 32.4 Å². The van der Waals surface area contributed by atoms with Crippen LogP contribution in [0.2, 0.25) is 0 Å². The number of aryl methyl sites for hydroxylation is 2. The van der Waals surface area contributed by atoms with Crippen molar-refractivity contribution >= 4 is 17.7 Å². The zero-order valence-electron chi connectivity index (χ0n) is 11.5.